The molecule has 0 N–H and O–H groups in total. The Labute approximate surface area is 188 Å². The van der Waals surface area contributed by atoms with E-state index in [1.54, 1.807) is 48.4 Å². The van der Waals surface area contributed by atoms with Crippen molar-refractivity contribution in [2.45, 2.75) is 32.0 Å². The summed E-state index contributed by atoms with van der Waals surface area (Å²) in [6, 6.07) is 13.8. The molecule has 2 heterocycles. The van der Waals surface area contributed by atoms with Gasteiger partial charge >= 0.3 is 18.1 Å². The van der Waals surface area contributed by atoms with Gasteiger partial charge in [-0.25, -0.2) is 4.79 Å². The van der Waals surface area contributed by atoms with E-state index in [-0.39, 0.29) is 11.9 Å². The highest BCUT2D eigenvalue weighted by atomic mass is 19.4. The number of urea groups is 1. The number of anilines is 1. The number of nitrogens with zero attached hydrogens (tertiary/aromatic N) is 4. The number of ether oxygens (including phenoxy) is 1. The first-order valence-electron chi connectivity index (χ1n) is 10.6. The molecule has 1 aliphatic heterocycles. The second-order valence-electron chi connectivity index (χ2n) is 7.72. The SMILES string of the molecule is COc1ccc(N(Cc2ccc(-c3nnc(C(F)(F)F)o3)cc2)C(=O)N2CCCCC2)cc1. The number of hydrogen-bond acceptors (Lipinski definition) is 5. The van der Waals surface area contributed by atoms with Gasteiger partial charge in [0.05, 0.1) is 13.7 Å². The molecule has 0 bridgehead atoms. The van der Waals surface area contributed by atoms with E-state index in [4.69, 9.17) is 9.15 Å². The molecule has 0 saturated carbocycles. The van der Waals surface area contributed by atoms with Gasteiger partial charge in [0.15, 0.2) is 0 Å². The number of rotatable bonds is 5. The molecule has 174 valence electrons. The van der Waals surface area contributed by atoms with Crippen molar-refractivity contribution in [3.05, 3.63) is 60.0 Å². The van der Waals surface area contributed by atoms with Crippen LogP contribution in [0.3, 0.4) is 0 Å². The summed E-state index contributed by atoms with van der Waals surface area (Å²) in [5.41, 5.74) is 1.89. The summed E-state index contributed by atoms with van der Waals surface area (Å²) in [5.74, 6) is -0.920. The van der Waals surface area contributed by atoms with Gasteiger partial charge < -0.3 is 14.1 Å². The van der Waals surface area contributed by atoms with Crippen molar-refractivity contribution in [2.75, 3.05) is 25.1 Å². The van der Waals surface area contributed by atoms with E-state index in [0.717, 1.165) is 30.5 Å². The average Bonchev–Trinajstić information content (AvgIpc) is 3.34. The number of alkyl halides is 3. The zero-order valence-corrected chi connectivity index (χ0v) is 18.0. The minimum atomic E-state index is -4.70. The Kier molecular flexibility index (Phi) is 6.52. The molecule has 0 aliphatic carbocycles. The van der Waals surface area contributed by atoms with Gasteiger partial charge in [-0.15, -0.1) is 10.2 Å². The number of halogens is 3. The van der Waals surface area contributed by atoms with Gasteiger partial charge in [-0.05, 0) is 61.2 Å². The highest BCUT2D eigenvalue weighted by Gasteiger charge is 2.38. The minimum absolute atomic E-state index is 0.0873. The van der Waals surface area contributed by atoms with Crippen LogP contribution in [0.4, 0.5) is 23.7 Å². The zero-order chi connectivity index (χ0) is 23.4. The average molecular weight is 460 g/mol. The predicted molar refractivity (Wildman–Crippen MR) is 115 cm³/mol. The Morgan fingerprint density at radius 3 is 2.27 bits per heavy atom. The van der Waals surface area contributed by atoms with Gasteiger partial charge in [0.2, 0.25) is 5.89 Å². The van der Waals surface area contributed by atoms with Gasteiger partial charge in [0, 0.05) is 24.3 Å². The topological polar surface area (TPSA) is 71.7 Å². The largest absolute Gasteiger partial charge is 0.497 e. The van der Waals surface area contributed by atoms with Crippen LogP contribution in [0.2, 0.25) is 0 Å². The molecule has 10 heteroatoms. The zero-order valence-electron chi connectivity index (χ0n) is 18.0. The summed E-state index contributed by atoms with van der Waals surface area (Å²) in [6.07, 6.45) is -1.64. The lowest BCUT2D eigenvalue weighted by Gasteiger charge is -2.33. The second-order valence-corrected chi connectivity index (χ2v) is 7.72. The number of carbonyl (C=O) groups is 1. The quantitative estimate of drug-likeness (QED) is 0.512. The fraction of sp³-hybridized carbons (Fsp3) is 0.348. The highest BCUT2D eigenvalue weighted by Crippen LogP contribution is 2.30. The van der Waals surface area contributed by atoms with Gasteiger partial charge in [-0.1, -0.05) is 12.1 Å². The molecule has 2 amide bonds. The third kappa shape index (κ3) is 5.27. The van der Waals surface area contributed by atoms with Crippen LogP contribution in [-0.2, 0) is 12.7 Å². The Morgan fingerprint density at radius 1 is 1.03 bits per heavy atom. The van der Waals surface area contributed by atoms with E-state index in [2.05, 4.69) is 10.2 Å². The predicted octanol–water partition coefficient (Wildman–Crippen LogP) is 5.38. The number of methoxy groups -OCH3 is 1. The normalized spacial score (nSPS) is 14.2. The molecular weight excluding hydrogens is 437 g/mol. The number of amides is 2. The number of carbonyl (C=O) groups excluding carboxylic acids is 1. The van der Waals surface area contributed by atoms with Gasteiger partial charge in [-0.3, -0.25) is 4.90 Å². The van der Waals surface area contributed by atoms with Crippen LogP contribution in [-0.4, -0.2) is 41.3 Å². The highest BCUT2D eigenvalue weighted by molar-refractivity contribution is 5.92. The van der Waals surface area contributed by atoms with Crippen molar-refractivity contribution >= 4 is 11.7 Å². The third-order valence-corrected chi connectivity index (χ3v) is 5.45. The summed E-state index contributed by atoms with van der Waals surface area (Å²) >= 11 is 0. The first kappa shape index (κ1) is 22.6. The molecule has 0 atom stereocenters. The maximum Gasteiger partial charge on any atom is 0.470 e. The van der Waals surface area contributed by atoms with E-state index in [9.17, 15) is 18.0 Å². The molecule has 7 nitrogen and oxygen atoms in total. The maximum atomic E-state index is 13.3. The lowest BCUT2D eigenvalue weighted by atomic mass is 10.1. The van der Waals surface area contributed by atoms with Crippen LogP contribution in [0, 0.1) is 0 Å². The van der Waals surface area contributed by atoms with Crippen molar-refractivity contribution < 1.29 is 27.1 Å². The van der Waals surface area contributed by atoms with Gasteiger partial charge in [-0.2, -0.15) is 13.2 Å². The fourth-order valence-corrected chi connectivity index (χ4v) is 3.68. The first-order chi connectivity index (χ1) is 15.8. The van der Waals surface area contributed by atoms with Crippen LogP contribution >= 0.6 is 0 Å². The Morgan fingerprint density at radius 2 is 1.70 bits per heavy atom. The van der Waals surface area contributed by atoms with Crippen LogP contribution in [0.25, 0.3) is 11.5 Å². The summed E-state index contributed by atoms with van der Waals surface area (Å²) in [6.45, 7) is 1.71. The minimum Gasteiger partial charge on any atom is -0.497 e. The molecule has 1 fully saturated rings. The third-order valence-electron chi connectivity index (χ3n) is 5.45. The molecule has 1 aliphatic rings. The molecule has 2 aromatic carbocycles. The van der Waals surface area contributed by atoms with E-state index in [0.29, 0.717) is 30.9 Å². The van der Waals surface area contributed by atoms with Gasteiger partial charge in [0.1, 0.15) is 5.75 Å². The number of hydrogen-bond donors (Lipinski definition) is 0. The summed E-state index contributed by atoms with van der Waals surface area (Å²) in [7, 11) is 1.58. The molecule has 33 heavy (non-hydrogen) atoms. The lowest BCUT2D eigenvalue weighted by molar-refractivity contribution is -0.156. The molecule has 4 rings (SSSR count). The summed E-state index contributed by atoms with van der Waals surface area (Å²) < 4.78 is 48.1. The fourth-order valence-electron chi connectivity index (χ4n) is 3.68. The number of piperidine rings is 1. The van der Waals surface area contributed by atoms with E-state index < -0.39 is 12.1 Å². The Bertz CT molecular complexity index is 1080. The lowest BCUT2D eigenvalue weighted by Crippen LogP contribution is -2.45. The molecule has 0 radical (unpaired) electrons. The standard InChI is InChI=1S/C23H23F3N4O3/c1-32-19-11-9-18(10-12-19)30(22(31)29-13-3-2-4-14-29)15-16-5-7-17(8-6-16)20-27-28-21(33-20)23(24,25)26/h5-12H,2-4,13-15H2,1H3. The van der Waals surface area contributed by atoms with E-state index in [1.807, 2.05) is 17.0 Å². The molecule has 1 aromatic heterocycles. The van der Waals surface area contributed by atoms with Crippen LogP contribution < -0.4 is 9.64 Å². The molecule has 3 aromatic rings. The van der Waals surface area contributed by atoms with Crippen molar-refractivity contribution in [1.29, 1.82) is 0 Å². The van der Waals surface area contributed by atoms with Crippen LogP contribution in [0.1, 0.15) is 30.7 Å². The molecule has 0 spiro atoms. The van der Waals surface area contributed by atoms with Crippen molar-refractivity contribution in [3.63, 3.8) is 0 Å². The Balaban J connectivity index is 1.56. The van der Waals surface area contributed by atoms with Crippen LogP contribution in [0.15, 0.2) is 52.9 Å². The van der Waals surface area contributed by atoms with Crippen molar-refractivity contribution in [3.8, 4) is 17.2 Å². The number of likely N-dealkylation sites (tertiary alicyclic amines) is 1. The first-order valence-corrected chi connectivity index (χ1v) is 10.6. The number of benzene rings is 2. The van der Waals surface area contributed by atoms with Crippen LogP contribution in [0.5, 0.6) is 5.75 Å². The van der Waals surface area contributed by atoms with Gasteiger partial charge in [0.25, 0.3) is 0 Å². The smallest absolute Gasteiger partial charge is 0.470 e. The van der Waals surface area contributed by atoms with Crippen molar-refractivity contribution in [1.82, 2.24) is 15.1 Å². The number of aromatic nitrogens is 2. The summed E-state index contributed by atoms with van der Waals surface area (Å²) in [5, 5.41) is 6.53. The second kappa shape index (κ2) is 9.51. The molecule has 1 saturated heterocycles. The van der Waals surface area contributed by atoms with Crippen molar-refractivity contribution in [2.24, 2.45) is 0 Å². The summed E-state index contributed by atoms with van der Waals surface area (Å²) in [4.78, 5) is 16.9. The molecular formula is C23H23F3N4O3. The maximum absolute atomic E-state index is 13.3. The Hall–Kier alpha value is -3.56. The van der Waals surface area contributed by atoms with E-state index in [1.165, 1.54) is 0 Å². The van der Waals surface area contributed by atoms with E-state index >= 15 is 0 Å². The monoisotopic (exact) mass is 460 g/mol. The molecule has 0 unspecified atom stereocenters.